The summed E-state index contributed by atoms with van der Waals surface area (Å²) in [5, 5.41) is 6.67. The van der Waals surface area contributed by atoms with Crippen molar-refractivity contribution in [3.63, 3.8) is 0 Å². The molecular weight excluding hydrogens is 406 g/mol. The Morgan fingerprint density at radius 2 is 1.81 bits per heavy atom. The molecule has 1 aliphatic heterocycles. The van der Waals surface area contributed by atoms with E-state index in [4.69, 9.17) is 11.6 Å². The number of rotatable bonds is 5. The maximum absolute atomic E-state index is 12.5. The van der Waals surface area contributed by atoms with E-state index >= 15 is 0 Å². The molecule has 1 unspecified atom stereocenters. The molecule has 2 aliphatic rings. The minimum Gasteiger partial charge on any atom is -0.341 e. The van der Waals surface area contributed by atoms with E-state index in [1.807, 2.05) is 12.1 Å². The largest absolute Gasteiger partial charge is 0.341 e. The summed E-state index contributed by atoms with van der Waals surface area (Å²) in [4.78, 5) is 13.0. The summed E-state index contributed by atoms with van der Waals surface area (Å²) in [6, 6.07) is 12.0. The number of benzene rings is 2. The minimum atomic E-state index is -3.41. The molecule has 0 saturated carbocycles. The van der Waals surface area contributed by atoms with Gasteiger partial charge in [0.2, 0.25) is 0 Å². The zero-order valence-corrected chi connectivity index (χ0v) is 16.7. The number of nitrogens with one attached hydrogen (secondary N) is 2. The van der Waals surface area contributed by atoms with E-state index in [1.165, 1.54) is 4.31 Å². The van der Waals surface area contributed by atoms with Crippen LogP contribution in [0.25, 0.3) is 0 Å². The van der Waals surface area contributed by atoms with Crippen LogP contribution in [0.2, 0.25) is 5.02 Å². The molecule has 27 heavy (non-hydrogen) atoms. The van der Waals surface area contributed by atoms with Crippen LogP contribution in [0.3, 0.4) is 0 Å². The Labute approximate surface area is 166 Å². The first-order valence-corrected chi connectivity index (χ1v) is 11.7. The summed E-state index contributed by atoms with van der Waals surface area (Å²) in [6.45, 7) is 2.31. The lowest BCUT2D eigenvalue weighted by atomic mass is 10.2. The molecule has 1 aliphatic carbocycles. The summed E-state index contributed by atoms with van der Waals surface area (Å²) in [5.41, 5.74) is 2.51. The SMILES string of the molecule is O=C(NC1c2ccc(SS(=O)(=O)N3CCNCC3)cc21)c1ccc(Cl)cc1. The number of fused-ring (bicyclic) bond motifs is 1. The number of piperazine rings is 1. The lowest BCUT2D eigenvalue weighted by Gasteiger charge is -2.25. The number of amides is 1. The molecule has 1 saturated heterocycles. The average molecular weight is 424 g/mol. The van der Waals surface area contributed by atoms with Gasteiger partial charge in [0.25, 0.3) is 15.0 Å². The molecule has 0 bridgehead atoms. The van der Waals surface area contributed by atoms with Crippen molar-refractivity contribution in [2.75, 3.05) is 26.2 Å². The van der Waals surface area contributed by atoms with Gasteiger partial charge in [0.05, 0.1) is 6.04 Å². The molecule has 9 heteroatoms. The monoisotopic (exact) mass is 423 g/mol. The van der Waals surface area contributed by atoms with Gasteiger partial charge in [-0.15, -0.1) is 0 Å². The van der Waals surface area contributed by atoms with Crippen LogP contribution in [0.5, 0.6) is 0 Å². The predicted octanol–water partition coefficient (Wildman–Crippen LogP) is 2.41. The normalized spacial score (nSPS) is 19.4. The molecule has 4 rings (SSSR count). The highest BCUT2D eigenvalue weighted by Gasteiger charge is 2.35. The number of carbonyl (C=O) groups excluding carboxylic acids is 1. The van der Waals surface area contributed by atoms with E-state index in [1.54, 1.807) is 30.3 Å². The van der Waals surface area contributed by atoms with Crippen molar-refractivity contribution in [3.8, 4) is 0 Å². The second-order valence-electron chi connectivity index (χ2n) is 6.39. The number of carbonyl (C=O) groups is 1. The fourth-order valence-electron chi connectivity index (χ4n) is 3.05. The van der Waals surface area contributed by atoms with Gasteiger partial charge in [-0.1, -0.05) is 17.7 Å². The zero-order valence-electron chi connectivity index (χ0n) is 14.3. The minimum absolute atomic E-state index is 0.163. The first kappa shape index (κ1) is 18.8. The molecule has 2 aromatic rings. The van der Waals surface area contributed by atoms with Gasteiger partial charge in [-0.05, 0) is 47.5 Å². The lowest BCUT2D eigenvalue weighted by Crippen LogP contribution is -2.45. The molecule has 1 fully saturated rings. The van der Waals surface area contributed by atoms with Crippen molar-refractivity contribution in [2.24, 2.45) is 0 Å². The first-order valence-electron chi connectivity index (χ1n) is 8.54. The number of nitrogens with zero attached hydrogens (tertiary/aromatic N) is 1. The van der Waals surface area contributed by atoms with Gasteiger partial charge in [-0.25, -0.2) is 8.42 Å². The van der Waals surface area contributed by atoms with Crippen LogP contribution in [-0.2, 0) is 9.06 Å². The van der Waals surface area contributed by atoms with Crippen LogP contribution in [-0.4, -0.2) is 44.8 Å². The summed E-state index contributed by atoms with van der Waals surface area (Å²) in [6.07, 6.45) is 0. The Morgan fingerprint density at radius 1 is 1.11 bits per heavy atom. The Bertz CT molecular complexity index is 974. The highest BCUT2D eigenvalue weighted by molar-refractivity contribution is 8.71. The predicted molar refractivity (Wildman–Crippen MR) is 106 cm³/mol. The van der Waals surface area contributed by atoms with Crippen LogP contribution in [0.15, 0.2) is 47.4 Å². The number of hydrogen-bond acceptors (Lipinski definition) is 5. The fraction of sp³-hybridized carbons (Fsp3) is 0.278. The Hall–Kier alpha value is -1.58. The van der Waals surface area contributed by atoms with Crippen molar-refractivity contribution < 1.29 is 13.2 Å². The smallest absolute Gasteiger partial charge is 0.272 e. The molecule has 0 radical (unpaired) electrons. The average Bonchev–Trinajstić information content (AvgIpc) is 3.34. The van der Waals surface area contributed by atoms with Crippen molar-refractivity contribution in [3.05, 3.63) is 64.2 Å². The van der Waals surface area contributed by atoms with Crippen molar-refractivity contribution in [2.45, 2.75) is 10.9 Å². The van der Waals surface area contributed by atoms with Crippen LogP contribution < -0.4 is 10.6 Å². The van der Waals surface area contributed by atoms with Crippen LogP contribution >= 0.6 is 22.4 Å². The van der Waals surface area contributed by atoms with Gasteiger partial charge in [0.1, 0.15) is 0 Å². The molecule has 0 aromatic heterocycles. The van der Waals surface area contributed by atoms with Crippen molar-refractivity contribution >= 4 is 37.4 Å². The van der Waals surface area contributed by atoms with Gasteiger partial charge in [0.15, 0.2) is 0 Å². The summed E-state index contributed by atoms with van der Waals surface area (Å²) < 4.78 is 26.6. The molecule has 6 nitrogen and oxygen atoms in total. The quantitative estimate of drug-likeness (QED) is 0.722. The van der Waals surface area contributed by atoms with Crippen LogP contribution in [0.1, 0.15) is 27.5 Å². The van der Waals surface area contributed by atoms with E-state index in [9.17, 15) is 13.2 Å². The van der Waals surface area contributed by atoms with Crippen LogP contribution in [0, 0.1) is 0 Å². The van der Waals surface area contributed by atoms with Gasteiger partial charge >= 0.3 is 0 Å². The van der Waals surface area contributed by atoms with Gasteiger partial charge in [-0.2, -0.15) is 4.31 Å². The first-order chi connectivity index (χ1) is 12.9. The van der Waals surface area contributed by atoms with Crippen molar-refractivity contribution in [1.29, 1.82) is 0 Å². The van der Waals surface area contributed by atoms with E-state index in [0.717, 1.165) is 21.9 Å². The lowest BCUT2D eigenvalue weighted by molar-refractivity contribution is 0.0949. The fourth-order valence-corrected chi connectivity index (χ4v) is 6.26. The molecule has 1 atom stereocenters. The molecule has 0 spiro atoms. The molecule has 2 N–H and O–H groups in total. The van der Waals surface area contributed by atoms with E-state index in [2.05, 4.69) is 10.6 Å². The Balaban J connectivity index is 1.41. The highest BCUT2D eigenvalue weighted by atomic mass is 35.5. The third-order valence-corrected chi connectivity index (χ3v) is 8.32. The van der Waals surface area contributed by atoms with E-state index in [0.29, 0.717) is 41.7 Å². The Morgan fingerprint density at radius 3 is 2.52 bits per heavy atom. The van der Waals surface area contributed by atoms with Gasteiger partial charge in [-0.3, -0.25) is 4.79 Å². The molecule has 1 amide bonds. The van der Waals surface area contributed by atoms with Gasteiger partial charge < -0.3 is 10.6 Å². The molecule has 1 heterocycles. The molecule has 2 aromatic carbocycles. The number of hydrogen-bond donors (Lipinski definition) is 2. The molecule has 142 valence electrons. The van der Waals surface area contributed by atoms with Crippen LogP contribution in [0.4, 0.5) is 0 Å². The topological polar surface area (TPSA) is 78.5 Å². The standard InChI is InChI=1S/C18H18ClN3O3S2/c19-13-3-1-12(2-4-13)18(23)21-17-15-6-5-14(11-16(15)17)26-27(24,25)22-9-7-20-8-10-22/h1-6,11,17,20H,7-10H2,(H,21,23). The third kappa shape index (κ3) is 4.14. The Kier molecular flexibility index (Phi) is 5.17. The highest BCUT2D eigenvalue weighted by Crippen LogP contribution is 2.44. The number of halogens is 1. The summed E-state index contributed by atoms with van der Waals surface area (Å²) >= 11 is 5.84. The van der Waals surface area contributed by atoms with E-state index in [-0.39, 0.29) is 11.9 Å². The second kappa shape index (κ2) is 7.44. The molecular formula is C18H18ClN3O3S2. The maximum Gasteiger partial charge on any atom is 0.272 e. The maximum atomic E-state index is 12.5. The second-order valence-corrected chi connectivity index (χ2v) is 10.6. The summed E-state index contributed by atoms with van der Waals surface area (Å²) in [5.74, 6) is -0.185. The van der Waals surface area contributed by atoms with E-state index < -0.39 is 9.06 Å². The van der Waals surface area contributed by atoms with Gasteiger partial charge in [0, 0.05) is 52.5 Å². The third-order valence-electron chi connectivity index (χ3n) is 4.57. The summed E-state index contributed by atoms with van der Waals surface area (Å²) in [7, 11) is -2.55. The van der Waals surface area contributed by atoms with Crippen molar-refractivity contribution in [1.82, 2.24) is 14.9 Å². The zero-order chi connectivity index (χ0) is 19.0.